The van der Waals surface area contributed by atoms with Crippen LogP contribution >= 0.6 is 0 Å². The predicted molar refractivity (Wildman–Crippen MR) is 91.4 cm³/mol. The number of hydrogen-bond donors (Lipinski definition) is 0. The maximum atomic E-state index is 12.0. The van der Waals surface area contributed by atoms with Crippen LogP contribution in [0.3, 0.4) is 0 Å². The Hall–Kier alpha value is -1.57. The van der Waals surface area contributed by atoms with Crippen LogP contribution in [-0.4, -0.2) is 12.1 Å². The van der Waals surface area contributed by atoms with Crippen molar-refractivity contribution in [1.29, 1.82) is 0 Å². The van der Waals surface area contributed by atoms with E-state index in [4.69, 9.17) is 4.74 Å². The minimum absolute atomic E-state index is 0.0696. The van der Waals surface area contributed by atoms with Crippen LogP contribution in [-0.2, 0) is 9.53 Å². The summed E-state index contributed by atoms with van der Waals surface area (Å²) in [5.41, 5.74) is 3.45. The zero-order valence-electron chi connectivity index (χ0n) is 14.3. The summed E-state index contributed by atoms with van der Waals surface area (Å²) in [5.74, 6) is 0.956. The van der Waals surface area contributed by atoms with E-state index < -0.39 is 0 Å². The predicted octanol–water partition coefficient (Wildman–Crippen LogP) is 5.13. The van der Waals surface area contributed by atoms with Crippen LogP contribution in [0.25, 0.3) is 0 Å². The summed E-state index contributed by atoms with van der Waals surface area (Å²) in [6, 6.07) is 0. The van der Waals surface area contributed by atoms with Gasteiger partial charge in [-0.3, -0.25) is 0 Å². The van der Waals surface area contributed by atoms with E-state index in [9.17, 15) is 4.79 Å². The van der Waals surface area contributed by atoms with Gasteiger partial charge in [-0.25, -0.2) is 4.79 Å². The third-order valence-corrected chi connectivity index (χ3v) is 4.55. The fraction of sp³-hybridized carbons (Fsp3) is 0.550. The summed E-state index contributed by atoms with van der Waals surface area (Å²) < 4.78 is 5.48. The van der Waals surface area contributed by atoms with Crippen LogP contribution in [0.1, 0.15) is 53.4 Å². The van der Waals surface area contributed by atoms with Gasteiger partial charge in [0.15, 0.2) is 0 Å². The Labute approximate surface area is 134 Å². The highest BCUT2D eigenvalue weighted by molar-refractivity contribution is 5.90. The molecule has 22 heavy (non-hydrogen) atoms. The molecule has 2 atom stereocenters. The zero-order chi connectivity index (χ0) is 16.1. The molecule has 2 aliphatic rings. The zero-order valence-corrected chi connectivity index (χ0v) is 14.3. The van der Waals surface area contributed by atoms with Crippen molar-refractivity contribution in [2.24, 2.45) is 11.8 Å². The first-order valence-electron chi connectivity index (χ1n) is 8.38. The average Bonchev–Trinajstić information content (AvgIpc) is 2.77. The van der Waals surface area contributed by atoms with Crippen LogP contribution in [0.15, 0.2) is 47.1 Å². The van der Waals surface area contributed by atoms with E-state index in [1.54, 1.807) is 0 Å². The van der Waals surface area contributed by atoms with Crippen LogP contribution in [0.5, 0.6) is 0 Å². The van der Waals surface area contributed by atoms with E-state index in [1.807, 2.05) is 6.08 Å². The van der Waals surface area contributed by atoms with E-state index in [0.717, 1.165) is 31.3 Å². The molecule has 1 aliphatic carbocycles. The molecule has 2 bridgehead atoms. The second kappa shape index (κ2) is 7.62. The molecule has 0 aromatic carbocycles. The van der Waals surface area contributed by atoms with Crippen LogP contribution in [0.4, 0.5) is 0 Å². The Morgan fingerprint density at radius 2 is 2.00 bits per heavy atom. The maximum absolute atomic E-state index is 12.0. The summed E-state index contributed by atoms with van der Waals surface area (Å²) in [6.07, 6.45) is 14.5. The monoisotopic (exact) mass is 300 g/mol. The largest absolute Gasteiger partial charge is 0.454 e. The Morgan fingerprint density at radius 1 is 1.23 bits per heavy atom. The van der Waals surface area contributed by atoms with Gasteiger partial charge in [-0.05, 0) is 51.0 Å². The first-order valence-corrected chi connectivity index (χ1v) is 8.38. The Kier molecular flexibility index (Phi) is 5.82. The summed E-state index contributed by atoms with van der Waals surface area (Å²) in [4.78, 5) is 12.0. The van der Waals surface area contributed by atoms with Gasteiger partial charge in [0.2, 0.25) is 0 Å². The lowest BCUT2D eigenvalue weighted by molar-refractivity contribution is -0.139. The number of rotatable bonds is 1. The van der Waals surface area contributed by atoms with Gasteiger partial charge >= 0.3 is 5.97 Å². The van der Waals surface area contributed by atoms with Gasteiger partial charge in [0.05, 0.1) is 0 Å². The van der Waals surface area contributed by atoms with Crippen molar-refractivity contribution in [1.82, 2.24) is 0 Å². The number of hydrogen-bond acceptors (Lipinski definition) is 2. The summed E-state index contributed by atoms with van der Waals surface area (Å²) in [7, 11) is 0. The number of allylic oxidation sites excluding steroid dienone is 5. The number of ether oxygens (including phenoxy) is 1. The highest BCUT2D eigenvalue weighted by atomic mass is 16.5. The molecule has 0 fully saturated rings. The second-order valence-corrected chi connectivity index (χ2v) is 6.88. The molecular formula is C20H28O2. The molecule has 2 nitrogen and oxygen atoms in total. The normalized spacial score (nSPS) is 27.0. The van der Waals surface area contributed by atoms with Crippen molar-refractivity contribution in [3.05, 3.63) is 47.1 Å². The number of carbonyl (C=O) groups excluding carboxylic acids is 1. The van der Waals surface area contributed by atoms with Crippen molar-refractivity contribution in [3.8, 4) is 0 Å². The fourth-order valence-electron chi connectivity index (χ4n) is 2.99. The quantitative estimate of drug-likeness (QED) is 0.495. The lowest BCUT2D eigenvalue weighted by atomic mass is 9.88. The van der Waals surface area contributed by atoms with Crippen molar-refractivity contribution in [2.45, 2.75) is 59.5 Å². The number of carbonyl (C=O) groups is 1. The van der Waals surface area contributed by atoms with Gasteiger partial charge in [-0.15, -0.1) is 0 Å². The second-order valence-electron chi connectivity index (χ2n) is 6.88. The maximum Gasteiger partial charge on any atom is 0.334 e. The smallest absolute Gasteiger partial charge is 0.334 e. The highest BCUT2D eigenvalue weighted by Gasteiger charge is 2.26. The molecule has 0 spiro atoms. The van der Waals surface area contributed by atoms with E-state index in [0.29, 0.717) is 11.8 Å². The van der Waals surface area contributed by atoms with E-state index in [1.165, 1.54) is 11.1 Å². The van der Waals surface area contributed by atoms with E-state index in [2.05, 4.69) is 52.0 Å². The SMILES string of the molecule is CC1=CCC=C(C)C[C@H]2C=C(CC[C@H](C(C)C)C=C1)C(=O)O2. The molecule has 2 rings (SSSR count). The molecule has 0 radical (unpaired) electrons. The lowest BCUT2D eigenvalue weighted by Gasteiger charge is -2.16. The molecule has 0 unspecified atom stereocenters. The average molecular weight is 300 g/mol. The molecule has 120 valence electrons. The topological polar surface area (TPSA) is 26.3 Å². The third kappa shape index (κ3) is 4.72. The molecule has 1 aliphatic heterocycles. The standard InChI is InChI=1S/C20H28O2/c1-14(2)17-9-8-15(3)6-5-7-16(4)12-19-13-18(11-10-17)20(21)22-19/h6-9,13-14,17,19H,5,10-12H2,1-4H3/t17-,19+/m1/s1. The Balaban J connectivity index is 2.22. The fourth-order valence-corrected chi connectivity index (χ4v) is 2.99. The van der Waals surface area contributed by atoms with Gasteiger partial charge in [-0.1, -0.05) is 49.3 Å². The summed E-state index contributed by atoms with van der Waals surface area (Å²) in [6.45, 7) is 8.75. The van der Waals surface area contributed by atoms with Gasteiger partial charge in [0.1, 0.15) is 6.10 Å². The summed E-state index contributed by atoms with van der Waals surface area (Å²) >= 11 is 0. The van der Waals surface area contributed by atoms with Crippen LogP contribution in [0.2, 0.25) is 0 Å². The van der Waals surface area contributed by atoms with Gasteiger partial charge in [-0.2, -0.15) is 0 Å². The minimum atomic E-state index is -0.117. The van der Waals surface area contributed by atoms with Crippen molar-refractivity contribution < 1.29 is 9.53 Å². The Morgan fingerprint density at radius 3 is 2.73 bits per heavy atom. The minimum Gasteiger partial charge on any atom is -0.454 e. The molecule has 0 saturated carbocycles. The molecule has 1 heterocycles. The van der Waals surface area contributed by atoms with E-state index >= 15 is 0 Å². The first-order chi connectivity index (χ1) is 10.5. The van der Waals surface area contributed by atoms with Crippen molar-refractivity contribution in [2.75, 3.05) is 0 Å². The van der Waals surface area contributed by atoms with Gasteiger partial charge < -0.3 is 4.74 Å². The molecule has 0 saturated heterocycles. The van der Waals surface area contributed by atoms with Crippen molar-refractivity contribution in [3.63, 3.8) is 0 Å². The van der Waals surface area contributed by atoms with Gasteiger partial charge in [0.25, 0.3) is 0 Å². The van der Waals surface area contributed by atoms with Crippen LogP contribution in [0, 0.1) is 11.8 Å². The molecule has 0 amide bonds. The number of esters is 1. The molecule has 0 aromatic rings. The Bertz CT molecular complexity index is 532. The van der Waals surface area contributed by atoms with Crippen LogP contribution < -0.4 is 0 Å². The molecule has 2 heteroatoms. The highest BCUT2D eigenvalue weighted by Crippen LogP contribution is 2.27. The lowest BCUT2D eigenvalue weighted by Crippen LogP contribution is -2.10. The van der Waals surface area contributed by atoms with E-state index in [-0.39, 0.29) is 12.1 Å². The molecular weight excluding hydrogens is 272 g/mol. The molecule has 0 aromatic heterocycles. The van der Waals surface area contributed by atoms with Crippen molar-refractivity contribution >= 4 is 5.97 Å². The van der Waals surface area contributed by atoms with Gasteiger partial charge in [0, 0.05) is 12.0 Å². The summed E-state index contributed by atoms with van der Waals surface area (Å²) in [5, 5.41) is 0. The first kappa shape index (κ1) is 16.8. The molecule has 0 N–H and O–H groups in total. The number of fused-ring (bicyclic) bond motifs is 1. The third-order valence-electron chi connectivity index (χ3n) is 4.55.